The van der Waals surface area contributed by atoms with E-state index >= 15 is 0 Å². The third-order valence-corrected chi connectivity index (χ3v) is 6.91. The topological polar surface area (TPSA) is 60.6 Å². The summed E-state index contributed by atoms with van der Waals surface area (Å²) in [6.45, 7) is 8.49. The first kappa shape index (κ1) is 40.7. The second-order valence-corrected chi connectivity index (χ2v) is 43.6. The summed E-state index contributed by atoms with van der Waals surface area (Å²) in [6.07, 6.45) is 16.7. The molecule has 2 N–H and O–H groups in total. The predicted molar refractivity (Wildman–Crippen MR) is 199 cm³/mol. The van der Waals surface area contributed by atoms with Crippen LogP contribution in [0.15, 0.2) is 36.7 Å². The fraction of sp³-hybridized carbons (Fsp3) is 0.643. The molecule has 2 aliphatic carbocycles. The third-order valence-electron chi connectivity index (χ3n) is 6.91. The van der Waals surface area contributed by atoms with Gasteiger partial charge in [0.05, 0.1) is 0 Å². The third kappa shape index (κ3) is 21.4. The minimum absolute atomic E-state index is 0.286. The first-order chi connectivity index (χ1) is 19.3. The van der Waals surface area contributed by atoms with E-state index in [0.29, 0.717) is 22.4 Å². The van der Waals surface area contributed by atoms with E-state index in [1.165, 1.54) is 49.7 Å². The zero-order valence-electron chi connectivity index (χ0n) is 23.6. The first-order valence-corrected chi connectivity index (χ1v) is 39.5. The van der Waals surface area contributed by atoms with E-state index < -0.39 is 0 Å². The molecule has 0 aromatic heterocycles. The Hall–Kier alpha value is 2.70. The molecule has 0 spiro atoms. The number of halogens is 4. The van der Waals surface area contributed by atoms with E-state index in [-0.39, 0.29) is 12.1 Å². The number of benzene rings is 1. The Morgan fingerprint density at radius 2 is 1.15 bits per heavy atom. The molecule has 12 heteroatoms. The number of hydrogen-bond acceptors (Lipinski definition) is 4. The molecule has 2 heterocycles. The van der Waals surface area contributed by atoms with E-state index in [1.807, 2.05) is 7.05 Å². The molecule has 0 unspecified atom stereocenters. The summed E-state index contributed by atoms with van der Waals surface area (Å²) in [7, 11) is 4.17. The van der Waals surface area contributed by atoms with Crippen LogP contribution in [0.5, 0.6) is 0 Å². The summed E-state index contributed by atoms with van der Waals surface area (Å²) in [5, 5.41) is 0. The van der Waals surface area contributed by atoms with Gasteiger partial charge in [0.1, 0.15) is 0 Å². The molecular formula is C28H46I4N6Pt2. The number of hydrogen-bond donors (Lipinski definition) is 0. The minimum atomic E-state index is 0.286. The van der Waals surface area contributed by atoms with Gasteiger partial charge in [-0.3, -0.25) is 0 Å². The van der Waals surface area contributed by atoms with Gasteiger partial charge in [-0.2, -0.15) is 6.67 Å². The van der Waals surface area contributed by atoms with Crippen molar-refractivity contribution in [2.45, 2.75) is 89.4 Å². The number of nitrogens with zero attached hydrogens (tertiary/aromatic N) is 4. The van der Waals surface area contributed by atoms with Gasteiger partial charge in [-0.05, 0) is 57.3 Å². The number of rotatable bonds is 4. The SMILES string of the molecule is CN1C=CN(Cc2ccc(CN3[CH-]N(C)CC3)cc2)[CH-]1.[I][Pt+2][I].[I][Pt+2][I].[NH-]C1CCCCC1.[NH-]C1CCCCC1. The maximum atomic E-state index is 7.27. The van der Waals surface area contributed by atoms with Gasteiger partial charge in [-0.15, -0.1) is 12.1 Å². The van der Waals surface area contributed by atoms with Crippen molar-refractivity contribution < 1.29 is 22.4 Å². The van der Waals surface area contributed by atoms with E-state index in [2.05, 4.69) is 154 Å². The maximum Gasteiger partial charge on any atom is -0.0534 e. The summed E-state index contributed by atoms with van der Waals surface area (Å²) in [6, 6.07) is 9.52. The van der Waals surface area contributed by atoms with Gasteiger partial charge in [0, 0.05) is 6.54 Å². The molecule has 0 atom stereocenters. The summed E-state index contributed by atoms with van der Waals surface area (Å²) in [4.78, 5) is 8.85. The van der Waals surface area contributed by atoms with Crippen LogP contribution in [0.1, 0.15) is 75.3 Å². The maximum absolute atomic E-state index is 7.27. The predicted octanol–water partition coefficient (Wildman–Crippen LogP) is 10.2. The number of nitrogens with one attached hydrogen (secondary N) is 2. The molecule has 0 radical (unpaired) electrons. The Morgan fingerprint density at radius 1 is 0.700 bits per heavy atom. The summed E-state index contributed by atoms with van der Waals surface area (Å²) in [5.74, 6) is 0. The van der Waals surface area contributed by atoms with Crippen LogP contribution in [0, 0.1) is 13.3 Å². The first-order valence-electron chi connectivity index (χ1n) is 13.8. The molecule has 3 fully saturated rings. The minimum Gasteiger partial charge on any atom is -0.675 e. The van der Waals surface area contributed by atoms with Crippen LogP contribution >= 0.6 is 77.4 Å². The second-order valence-electron chi connectivity index (χ2n) is 10.4. The van der Waals surface area contributed by atoms with Crippen molar-refractivity contribution in [1.29, 1.82) is 0 Å². The van der Waals surface area contributed by atoms with Crippen molar-refractivity contribution in [3.8, 4) is 0 Å². The molecule has 236 valence electrons. The van der Waals surface area contributed by atoms with Crippen LogP contribution in [0.3, 0.4) is 0 Å². The van der Waals surface area contributed by atoms with Crippen molar-refractivity contribution in [1.82, 2.24) is 19.6 Å². The van der Waals surface area contributed by atoms with E-state index in [4.69, 9.17) is 11.5 Å². The molecule has 6 nitrogen and oxygen atoms in total. The smallest absolute Gasteiger partial charge is 0.0534 e. The molecule has 0 bridgehead atoms. The quantitative estimate of drug-likeness (QED) is 0.223. The van der Waals surface area contributed by atoms with Crippen LogP contribution in [0.4, 0.5) is 0 Å². The normalized spacial score (nSPS) is 20.1. The largest absolute Gasteiger partial charge is 0.675 e. The molecule has 40 heavy (non-hydrogen) atoms. The molecule has 2 saturated carbocycles. The molecule has 2 aliphatic heterocycles. The Labute approximate surface area is 304 Å². The Morgan fingerprint density at radius 3 is 1.48 bits per heavy atom. The zero-order valence-corrected chi connectivity index (χ0v) is 36.8. The van der Waals surface area contributed by atoms with Gasteiger partial charge in [0.2, 0.25) is 0 Å². The van der Waals surface area contributed by atoms with Crippen molar-refractivity contribution in [3.63, 3.8) is 0 Å². The Balaban J connectivity index is 0.000000326. The molecule has 4 aliphatic rings. The van der Waals surface area contributed by atoms with Gasteiger partial charge < -0.3 is 31.1 Å². The molecule has 0 amide bonds. The van der Waals surface area contributed by atoms with Crippen LogP contribution in [0.25, 0.3) is 11.5 Å². The van der Waals surface area contributed by atoms with E-state index in [1.54, 1.807) is 0 Å². The van der Waals surface area contributed by atoms with E-state index in [0.717, 1.165) is 51.9 Å². The molecule has 1 aromatic carbocycles. The standard InChI is InChI=1S/C16H22N4.2C6H12N.4HI.2Pt/c1-17-7-9-19(13-17)11-15-3-5-16(6-4-15)12-20-10-8-18(2)14-20;2*7-6-4-2-1-3-5-6;;;;;;/h3-7,9,13-14H,8,10-12H2,1-2H3;2*6-7H,1-5H2;4*1H;;/q-2;2*-1;;;;;2*+4/p-4. The zero-order chi connectivity index (χ0) is 29.6. The summed E-state index contributed by atoms with van der Waals surface area (Å²) < 4.78 is 0. The average Bonchev–Trinajstić information content (AvgIpc) is 3.55. The van der Waals surface area contributed by atoms with Crippen molar-refractivity contribution in [3.05, 3.63) is 72.6 Å². The van der Waals surface area contributed by atoms with Gasteiger partial charge in [-0.1, -0.05) is 88.5 Å². The fourth-order valence-corrected chi connectivity index (χ4v) is 4.80. The van der Waals surface area contributed by atoms with E-state index in [9.17, 15) is 0 Å². The molecule has 1 saturated heterocycles. The Kier molecular flexibility index (Phi) is 27.4. The fourth-order valence-electron chi connectivity index (χ4n) is 4.80. The van der Waals surface area contributed by atoms with Crippen molar-refractivity contribution in [2.75, 3.05) is 27.2 Å². The van der Waals surface area contributed by atoms with Gasteiger partial charge in [-0.25, -0.2) is 6.67 Å². The average molecular weight is 1360 g/mol. The summed E-state index contributed by atoms with van der Waals surface area (Å²) in [5.41, 5.74) is 17.3. The second kappa shape index (κ2) is 26.9. The van der Waals surface area contributed by atoms with Crippen molar-refractivity contribution >= 4 is 77.4 Å². The number of likely N-dealkylation sites (N-methyl/N-ethyl adjacent to an activating group) is 1. The van der Waals surface area contributed by atoms with Gasteiger partial charge in [0.25, 0.3) is 0 Å². The van der Waals surface area contributed by atoms with Crippen LogP contribution in [0.2, 0.25) is 0 Å². The monoisotopic (exact) mass is 1360 g/mol. The van der Waals surface area contributed by atoms with Gasteiger partial charge in [0.15, 0.2) is 0 Å². The summed E-state index contributed by atoms with van der Waals surface area (Å²) >= 11 is 10.6. The Bertz CT molecular complexity index is 735. The van der Waals surface area contributed by atoms with Crippen LogP contribution < -0.4 is 0 Å². The molecule has 5 rings (SSSR count). The van der Waals surface area contributed by atoms with Crippen LogP contribution in [-0.2, 0) is 35.5 Å². The van der Waals surface area contributed by atoms with Crippen molar-refractivity contribution in [2.24, 2.45) is 0 Å². The van der Waals surface area contributed by atoms with Crippen LogP contribution in [-0.4, -0.2) is 58.9 Å². The molecular weight excluding hydrogens is 1320 g/mol. The van der Waals surface area contributed by atoms with Gasteiger partial charge >= 0.3 is 99.8 Å². The molecule has 1 aromatic rings.